The Morgan fingerprint density at radius 3 is 2.61 bits per heavy atom. The number of anilines is 1. The van der Waals surface area contributed by atoms with Gasteiger partial charge in [0.2, 0.25) is 0 Å². The SMILES string of the molecule is Oc1ccc(Cl)cc1CNc1ccc(I)cc1Cl. The highest BCUT2D eigenvalue weighted by atomic mass is 127. The van der Waals surface area contributed by atoms with Crippen molar-refractivity contribution >= 4 is 51.5 Å². The summed E-state index contributed by atoms with van der Waals surface area (Å²) < 4.78 is 1.08. The van der Waals surface area contributed by atoms with Crippen LogP contribution < -0.4 is 5.32 Å². The van der Waals surface area contributed by atoms with Gasteiger partial charge in [-0.3, -0.25) is 0 Å². The normalized spacial score (nSPS) is 10.4. The summed E-state index contributed by atoms with van der Waals surface area (Å²) in [4.78, 5) is 0. The van der Waals surface area contributed by atoms with E-state index in [1.807, 2.05) is 18.2 Å². The first-order valence-corrected chi connectivity index (χ1v) is 7.06. The van der Waals surface area contributed by atoms with Crippen LogP contribution in [0.3, 0.4) is 0 Å². The first-order valence-electron chi connectivity index (χ1n) is 5.22. The van der Waals surface area contributed by atoms with Crippen LogP contribution in [0, 0.1) is 3.57 Å². The van der Waals surface area contributed by atoms with Crippen molar-refractivity contribution in [1.82, 2.24) is 0 Å². The highest BCUT2D eigenvalue weighted by molar-refractivity contribution is 14.1. The molecule has 0 aliphatic heterocycles. The number of phenols is 1. The maximum absolute atomic E-state index is 9.69. The van der Waals surface area contributed by atoms with Crippen LogP contribution in [0.2, 0.25) is 10.0 Å². The van der Waals surface area contributed by atoms with E-state index in [0.717, 1.165) is 14.8 Å². The van der Waals surface area contributed by atoms with Gasteiger partial charge in [-0.25, -0.2) is 0 Å². The summed E-state index contributed by atoms with van der Waals surface area (Å²) in [6.45, 7) is 0.465. The maximum Gasteiger partial charge on any atom is 0.120 e. The lowest BCUT2D eigenvalue weighted by molar-refractivity contribution is 0.469. The lowest BCUT2D eigenvalue weighted by atomic mass is 10.2. The number of hydrogen-bond acceptors (Lipinski definition) is 2. The smallest absolute Gasteiger partial charge is 0.120 e. The van der Waals surface area contributed by atoms with Gasteiger partial charge in [-0.2, -0.15) is 0 Å². The van der Waals surface area contributed by atoms with Crippen molar-refractivity contribution in [2.24, 2.45) is 0 Å². The summed E-state index contributed by atoms with van der Waals surface area (Å²) in [5, 5.41) is 14.1. The summed E-state index contributed by atoms with van der Waals surface area (Å²) in [5.41, 5.74) is 1.56. The van der Waals surface area contributed by atoms with Crippen LogP contribution in [0.5, 0.6) is 5.75 Å². The molecular formula is C13H10Cl2INO. The van der Waals surface area contributed by atoms with Gasteiger partial charge in [0.05, 0.1) is 10.7 Å². The summed E-state index contributed by atoms with van der Waals surface area (Å²) in [6.07, 6.45) is 0. The van der Waals surface area contributed by atoms with Crippen molar-refractivity contribution in [3.05, 3.63) is 55.6 Å². The van der Waals surface area contributed by atoms with Crippen molar-refractivity contribution in [3.8, 4) is 5.75 Å². The van der Waals surface area contributed by atoms with Gasteiger partial charge in [0.15, 0.2) is 0 Å². The highest BCUT2D eigenvalue weighted by Gasteiger charge is 2.04. The second-order valence-corrected chi connectivity index (χ2v) is 5.84. The number of aromatic hydroxyl groups is 1. The fraction of sp³-hybridized carbons (Fsp3) is 0.0769. The molecule has 0 aliphatic rings. The molecule has 0 atom stereocenters. The molecule has 2 rings (SSSR count). The number of hydrogen-bond donors (Lipinski definition) is 2. The van der Waals surface area contributed by atoms with Crippen LogP contribution in [0.4, 0.5) is 5.69 Å². The second kappa shape index (κ2) is 5.99. The minimum Gasteiger partial charge on any atom is -0.508 e. The molecule has 2 nitrogen and oxygen atoms in total. The van der Waals surface area contributed by atoms with E-state index >= 15 is 0 Å². The Bertz CT molecular complexity index is 575. The molecular weight excluding hydrogens is 384 g/mol. The molecule has 2 aromatic carbocycles. The predicted octanol–water partition coefficient (Wildman–Crippen LogP) is 4.92. The molecule has 0 spiro atoms. The Hall–Kier alpha value is -0.650. The predicted molar refractivity (Wildman–Crippen MR) is 84.6 cm³/mol. The highest BCUT2D eigenvalue weighted by Crippen LogP contribution is 2.26. The molecule has 0 fully saturated rings. The Kier molecular flexibility index (Phi) is 4.59. The van der Waals surface area contributed by atoms with Gasteiger partial charge in [0, 0.05) is 20.7 Å². The lowest BCUT2D eigenvalue weighted by Crippen LogP contribution is -2.00. The van der Waals surface area contributed by atoms with Crippen LogP contribution in [-0.4, -0.2) is 5.11 Å². The fourth-order valence-corrected chi connectivity index (χ4v) is 2.64. The first kappa shape index (κ1) is 13.8. The Morgan fingerprint density at radius 2 is 1.89 bits per heavy atom. The van der Waals surface area contributed by atoms with Gasteiger partial charge in [0.25, 0.3) is 0 Å². The molecule has 0 saturated heterocycles. The van der Waals surface area contributed by atoms with E-state index < -0.39 is 0 Å². The average molecular weight is 394 g/mol. The van der Waals surface area contributed by atoms with Crippen LogP contribution in [0.25, 0.3) is 0 Å². The number of benzene rings is 2. The van der Waals surface area contributed by atoms with E-state index in [1.165, 1.54) is 0 Å². The Morgan fingerprint density at radius 1 is 1.11 bits per heavy atom. The minimum atomic E-state index is 0.216. The molecule has 18 heavy (non-hydrogen) atoms. The second-order valence-electron chi connectivity index (χ2n) is 3.75. The zero-order chi connectivity index (χ0) is 13.1. The van der Waals surface area contributed by atoms with Crippen LogP contribution in [0.1, 0.15) is 5.56 Å². The quantitative estimate of drug-likeness (QED) is 0.725. The van der Waals surface area contributed by atoms with Gasteiger partial charge in [0.1, 0.15) is 5.75 Å². The third-order valence-electron chi connectivity index (χ3n) is 2.44. The molecule has 0 radical (unpaired) electrons. The summed E-state index contributed by atoms with van der Waals surface area (Å²) in [5.74, 6) is 0.216. The lowest BCUT2D eigenvalue weighted by Gasteiger charge is -2.10. The minimum absolute atomic E-state index is 0.216. The molecule has 5 heteroatoms. The molecule has 2 N–H and O–H groups in total. The Labute approximate surface area is 129 Å². The molecule has 94 valence electrons. The molecule has 0 heterocycles. The summed E-state index contributed by atoms with van der Waals surface area (Å²) in [7, 11) is 0. The number of phenolic OH excluding ortho intramolecular Hbond substituents is 1. The summed E-state index contributed by atoms with van der Waals surface area (Å²) in [6, 6.07) is 10.7. The van der Waals surface area contributed by atoms with E-state index in [4.69, 9.17) is 23.2 Å². The molecule has 2 aromatic rings. The van der Waals surface area contributed by atoms with Crippen molar-refractivity contribution in [1.29, 1.82) is 0 Å². The van der Waals surface area contributed by atoms with Gasteiger partial charge >= 0.3 is 0 Å². The zero-order valence-electron chi connectivity index (χ0n) is 9.25. The van der Waals surface area contributed by atoms with Gasteiger partial charge < -0.3 is 10.4 Å². The van der Waals surface area contributed by atoms with Crippen molar-refractivity contribution in [2.75, 3.05) is 5.32 Å². The van der Waals surface area contributed by atoms with Crippen LogP contribution in [0.15, 0.2) is 36.4 Å². The fourth-order valence-electron chi connectivity index (χ4n) is 1.52. The van der Waals surface area contributed by atoms with Crippen LogP contribution in [-0.2, 0) is 6.54 Å². The third-order valence-corrected chi connectivity index (χ3v) is 3.66. The van der Waals surface area contributed by atoms with E-state index in [-0.39, 0.29) is 5.75 Å². The monoisotopic (exact) mass is 393 g/mol. The zero-order valence-corrected chi connectivity index (χ0v) is 12.9. The number of rotatable bonds is 3. The van der Waals surface area contributed by atoms with Gasteiger partial charge in [-0.1, -0.05) is 23.2 Å². The van der Waals surface area contributed by atoms with E-state index in [0.29, 0.717) is 16.6 Å². The topological polar surface area (TPSA) is 32.3 Å². The summed E-state index contributed by atoms with van der Waals surface area (Å²) >= 11 is 14.2. The molecule has 0 bridgehead atoms. The largest absolute Gasteiger partial charge is 0.508 e. The molecule has 0 amide bonds. The van der Waals surface area contributed by atoms with E-state index in [9.17, 15) is 5.11 Å². The molecule has 0 aliphatic carbocycles. The van der Waals surface area contributed by atoms with Crippen molar-refractivity contribution in [2.45, 2.75) is 6.54 Å². The molecule has 0 saturated carbocycles. The molecule has 0 unspecified atom stereocenters. The Balaban J connectivity index is 2.13. The number of halogens is 3. The van der Waals surface area contributed by atoms with Crippen molar-refractivity contribution in [3.63, 3.8) is 0 Å². The standard InChI is InChI=1S/C13H10Cl2INO/c14-9-1-4-13(18)8(5-9)7-17-12-3-2-10(16)6-11(12)15/h1-6,17-18H,7H2. The third kappa shape index (κ3) is 3.43. The van der Waals surface area contributed by atoms with Crippen LogP contribution >= 0.6 is 45.8 Å². The van der Waals surface area contributed by atoms with Crippen molar-refractivity contribution < 1.29 is 5.11 Å². The van der Waals surface area contributed by atoms with Gasteiger partial charge in [-0.15, -0.1) is 0 Å². The maximum atomic E-state index is 9.69. The number of nitrogens with one attached hydrogen (secondary N) is 1. The van der Waals surface area contributed by atoms with E-state index in [1.54, 1.807) is 18.2 Å². The van der Waals surface area contributed by atoms with E-state index in [2.05, 4.69) is 27.9 Å². The molecule has 0 aromatic heterocycles. The first-order chi connectivity index (χ1) is 8.56. The average Bonchev–Trinajstić information content (AvgIpc) is 2.32. The van der Waals surface area contributed by atoms with Gasteiger partial charge in [-0.05, 0) is 59.0 Å².